The fourth-order valence-corrected chi connectivity index (χ4v) is 3.64. The van der Waals surface area contributed by atoms with Gasteiger partial charge in [0, 0.05) is 12.0 Å². The molecule has 1 aromatic carbocycles. The standard InChI is InChI=1S/C20H23N3O4.ClH/c24-19(18-15-6-2-4-8-17(15)27-23-18)22-16-7-3-1-5-14(16)20(25)26-13-9-11-21-12-10-13;/h1,3,5,7,13,21H,2,4,6,8-12H2,(H,22,24);1H. The van der Waals surface area contributed by atoms with Crippen molar-refractivity contribution in [2.75, 3.05) is 18.4 Å². The van der Waals surface area contributed by atoms with Gasteiger partial charge in [-0.25, -0.2) is 4.79 Å². The summed E-state index contributed by atoms with van der Waals surface area (Å²) >= 11 is 0. The van der Waals surface area contributed by atoms with Crippen molar-refractivity contribution in [3.05, 3.63) is 46.8 Å². The summed E-state index contributed by atoms with van der Waals surface area (Å²) in [6.07, 6.45) is 5.18. The maximum atomic E-state index is 12.7. The molecule has 1 aliphatic heterocycles. The minimum atomic E-state index is -0.417. The van der Waals surface area contributed by atoms with E-state index >= 15 is 0 Å². The van der Waals surface area contributed by atoms with Gasteiger partial charge in [0.2, 0.25) is 0 Å². The number of fused-ring (bicyclic) bond motifs is 1. The lowest BCUT2D eigenvalue weighted by atomic mass is 9.96. The smallest absolute Gasteiger partial charge is 0.340 e. The van der Waals surface area contributed by atoms with Crippen molar-refractivity contribution >= 4 is 30.0 Å². The van der Waals surface area contributed by atoms with E-state index in [2.05, 4.69) is 15.8 Å². The Morgan fingerprint density at radius 2 is 1.89 bits per heavy atom. The van der Waals surface area contributed by atoms with Gasteiger partial charge in [0.05, 0.1) is 11.3 Å². The molecule has 0 bridgehead atoms. The van der Waals surface area contributed by atoms with Crippen LogP contribution in [0.15, 0.2) is 28.8 Å². The van der Waals surface area contributed by atoms with Gasteiger partial charge in [-0.1, -0.05) is 17.3 Å². The lowest BCUT2D eigenvalue weighted by Crippen LogP contribution is -2.34. The molecular weight excluding hydrogens is 382 g/mol. The Labute approximate surface area is 169 Å². The predicted molar refractivity (Wildman–Crippen MR) is 106 cm³/mol. The molecule has 4 rings (SSSR count). The van der Waals surface area contributed by atoms with Gasteiger partial charge in [0.15, 0.2) is 5.69 Å². The van der Waals surface area contributed by atoms with Crippen molar-refractivity contribution in [3.63, 3.8) is 0 Å². The van der Waals surface area contributed by atoms with Crippen LogP contribution in [0.1, 0.15) is 57.9 Å². The number of rotatable bonds is 4. The number of hydrogen-bond acceptors (Lipinski definition) is 6. The first-order chi connectivity index (χ1) is 13.2. The third-order valence-electron chi connectivity index (χ3n) is 5.12. The first-order valence-corrected chi connectivity index (χ1v) is 9.52. The zero-order chi connectivity index (χ0) is 18.6. The van der Waals surface area contributed by atoms with Crippen molar-refractivity contribution < 1.29 is 18.8 Å². The maximum absolute atomic E-state index is 12.7. The van der Waals surface area contributed by atoms with Crippen LogP contribution in [-0.4, -0.2) is 36.2 Å². The Morgan fingerprint density at radius 3 is 2.71 bits per heavy atom. The highest BCUT2D eigenvalue weighted by atomic mass is 35.5. The van der Waals surface area contributed by atoms with E-state index in [9.17, 15) is 9.59 Å². The Morgan fingerprint density at radius 1 is 1.14 bits per heavy atom. The summed E-state index contributed by atoms with van der Waals surface area (Å²) in [5, 5.41) is 10.0. The molecule has 7 nitrogen and oxygen atoms in total. The molecule has 0 saturated carbocycles. The number of piperidine rings is 1. The topological polar surface area (TPSA) is 93.5 Å². The van der Waals surface area contributed by atoms with Gasteiger partial charge < -0.3 is 19.9 Å². The summed E-state index contributed by atoms with van der Waals surface area (Å²) in [5.41, 5.74) is 1.97. The van der Waals surface area contributed by atoms with Gasteiger partial charge in [0.1, 0.15) is 11.9 Å². The zero-order valence-electron chi connectivity index (χ0n) is 15.5. The van der Waals surface area contributed by atoms with Crippen LogP contribution in [0, 0.1) is 0 Å². The largest absolute Gasteiger partial charge is 0.459 e. The highest BCUT2D eigenvalue weighted by Gasteiger charge is 2.26. The molecular formula is C20H24ClN3O4. The summed E-state index contributed by atoms with van der Waals surface area (Å²) in [6.45, 7) is 1.68. The van der Waals surface area contributed by atoms with Crippen molar-refractivity contribution in [1.29, 1.82) is 0 Å². The molecule has 2 heterocycles. The average molecular weight is 406 g/mol. The van der Waals surface area contributed by atoms with Crippen LogP contribution < -0.4 is 10.6 Å². The SMILES string of the molecule is Cl.O=C(OC1CCNCC1)c1ccccc1NC(=O)c1noc2c1CCCC2. The molecule has 0 unspecified atom stereocenters. The number of aromatic nitrogens is 1. The minimum Gasteiger partial charge on any atom is -0.459 e. The van der Waals surface area contributed by atoms with Crippen LogP contribution in [-0.2, 0) is 17.6 Å². The van der Waals surface area contributed by atoms with Gasteiger partial charge in [-0.05, 0) is 57.3 Å². The van der Waals surface area contributed by atoms with E-state index in [1.165, 1.54) is 0 Å². The van der Waals surface area contributed by atoms with Gasteiger partial charge in [-0.15, -0.1) is 12.4 Å². The Bertz CT molecular complexity index is 846. The lowest BCUT2D eigenvalue weighted by Gasteiger charge is -2.23. The van der Waals surface area contributed by atoms with Gasteiger partial charge >= 0.3 is 5.97 Å². The number of benzene rings is 1. The van der Waals surface area contributed by atoms with Gasteiger partial charge in [-0.2, -0.15) is 0 Å². The molecule has 28 heavy (non-hydrogen) atoms. The molecule has 1 fully saturated rings. The van der Waals surface area contributed by atoms with Gasteiger partial charge in [0.25, 0.3) is 5.91 Å². The number of ether oxygens (including phenoxy) is 1. The number of carbonyl (C=O) groups excluding carboxylic acids is 2. The molecule has 2 N–H and O–H groups in total. The van der Waals surface area contributed by atoms with E-state index in [0.29, 0.717) is 16.9 Å². The number of esters is 1. The van der Waals surface area contributed by atoms with Crippen molar-refractivity contribution in [2.45, 2.75) is 44.6 Å². The van der Waals surface area contributed by atoms with Crippen LogP contribution in [0.5, 0.6) is 0 Å². The van der Waals surface area contributed by atoms with Crippen molar-refractivity contribution in [1.82, 2.24) is 10.5 Å². The summed E-state index contributed by atoms with van der Waals surface area (Å²) in [5.74, 6) is 0.0222. The van der Waals surface area contributed by atoms with Crippen LogP contribution in [0.3, 0.4) is 0 Å². The van der Waals surface area contributed by atoms with Crippen LogP contribution in [0.2, 0.25) is 0 Å². The maximum Gasteiger partial charge on any atom is 0.340 e. The van der Waals surface area contributed by atoms with Crippen molar-refractivity contribution in [3.8, 4) is 0 Å². The molecule has 2 aliphatic rings. The highest BCUT2D eigenvalue weighted by molar-refractivity contribution is 6.07. The fourth-order valence-electron chi connectivity index (χ4n) is 3.64. The highest BCUT2D eigenvalue weighted by Crippen LogP contribution is 2.26. The molecule has 150 valence electrons. The summed E-state index contributed by atoms with van der Waals surface area (Å²) in [7, 11) is 0. The summed E-state index contributed by atoms with van der Waals surface area (Å²) < 4.78 is 10.9. The number of halogens is 1. The van der Waals surface area contributed by atoms with E-state index < -0.39 is 5.97 Å². The van der Waals surface area contributed by atoms with E-state index in [1.54, 1.807) is 24.3 Å². The van der Waals surface area contributed by atoms with Crippen LogP contribution in [0.4, 0.5) is 5.69 Å². The number of aryl methyl sites for hydroxylation is 1. The zero-order valence-corrected chi connectivity index (χ0v) is 16.3. The minimum absolute atomic E-state index is 0. The normalized spacial score (nSPS) is 16.6. The number of nitrogens with one attached hydrogen (secondary N) is 2. The van der Waals surface area contributed by atoms with Crippen LogP contribution in [0.25, 0.3) is 0 Å². The predicted octanol–water partition coefficient (Wildman–Crippen LogP) is 3.14. The summed E-state index contributed by atoms with van der Waals surface area (Å²) in [6, 6.07) is 6.89. The Balaban J connectivity index is 0.00000225. The molecule has 8 heteroatoms. The lowest BCUT2D eigenvalue weighted by molar-refractivity contribution is 0.0231. The Kier molecular flexibility index (Phi) is 6.70. The number of carbonyl (C=O) groups is 2. The van der Waals surface area contributed by atoms with Gasteiger partial charge in [-0.3, -0.25) is 4.79 Å². The second-order valence-electron chi connectivity index (χ2n) is 6.99. The number of amides is 1. The van der Waals surface area contributed by atoms with E-state index in [4.69, 9.17) is 9.26 Å². The van der Waals surface area contributed by atoms with E-state index in [-0.39, 0.29) is 24.4 Å². The van der Waals surface area contributed by atoms with Crippen molar-refractivity contribution in [2.24, 2.45) is 0 Å². The second-order valence-corrected chi connectivity index (χ2v) is 6.99. The first kappa shape index (κ1) is 20.4. The van der Waals surface area contributed by atoms with E-state index in [0.717, 1.165) is 62.9 Å². The molecule has 1 aliphatic carbocycles. The molecule has 1 amide bonds. The first-order valence-electron chi connectivity index (χ1n) is 9.52. The Hall–Kier alpha value is -2.38. The molecule has 2 aromatic rings. The molecule has 0 spiro atoms. The van der Waals surface area contributed by atoms with Crippen LogP contribution >= 0.6 is 12.4 Å². The average Bonchev–Trinajstić information content (AvgIpc) is 3.13. The second kappa shape index (κ2) is 9.21. The number of anilines is 1. The molecule has 1 aromatic heterocycles. The summed E-state index contributed by atoms with van der Waals surface area (Å²) in [4.78, 5) is 25.3. The third kappa shape index (κ3) is 4.36. The quantitative estimate of drug-likeness (QED) is 0.759. The van der Waals surface area contributed by atoms with E-state index in [1.807, 2.05) is 0 Å². The monoisotopic (exact) mass is 405 g/mol. The molecule has 0 atom stereocenters. The third-order valence-corrected chi connectivity index (χ3v) is 5.12. The number of para-hydroxylation sites is 1. The number of nitrogens with zero attached hydrogens (tertiary/aromatic N) is 1. The molecule has 0 radical (unpaired) electrons. The molecule has 1 saturated heterocycles. The fraction of sp³-hybridized carbons (Fsp3) is 0.450. The number of hydrogen-bond donors (Lipinski definition) is 2.